The van der Waals surface area contributed by atoms with Gasteiger partial charge in [0.05, 0.1) is 29.5 Å². The van der Waals surface area contributed by atoms with Gasteiger partial charge in [0.1, 0.15) is 11.5 Å². The summed E-state index contributed by atoms with van der Waals surface area (Å²) < 4.78 is 6.24. The fourth-order valence-electron chi connectivity index (χ4n) is 2.36. The first-order valence-corrected chi connectivity index (χ1v) is 8.46. The molecule has 1 amide bonds. The first-order chi connectivity index (χ1) is 11.9. The summed E-state index contributed by atoms with van der Waals surface area (Å²) in [5.41, 5.74) is 1.21. The van der Waals surface area contributed by atoms with E-state index in [4.69, 9.17) is 4.74 Å². The van der Waals surface area contributed by atoms with Gasteiger partial charge in [0.15, 0.2) is 0 Å². The van der Waals surface area contributed by atoms with Gasteiger partial charge in [-0.2, -0.15) is 4.68 Å². The number of nitrogens with one attached hydrogen (secondary N) is 1. The van der Waals surface area contributed by atoms with Gasteiger partial charge in [-0.1, -0.05) is 6.92 Å². The maximum atomic E-state index is 12.2. The number of aromatic nitrogens is 2. The number of nitrogens with zero attached hydrogens (tertiary/aromatic N) is 3. The zero-order chi connectivity index (χ0) is 18.6. The number of hydrogen-bond acceptors (Lipinski definition) is 7. The zero-order valence-electron chi connectivity index (χ0n) is 14.1. The van der Waals surface area contributed by atoms with Gasteiger partial charge in [-0.15, -0.1) is 11.3 Å². The lowest BCUT2D eigenvalue weighted by atomic mass is 10.1. The molecule has 0 saturated heterocycles. The number of nitro groups is 1. The van der Waals surface area contributed by atoms with Crippen molar-refractivity contribution in [3.05, 3.63) is 38.4 Å². The van der Waals surface area contributed by atoms with Gasteiger partial charge in [0, 0.05) is 4.88 Å². The fraction of sp³-hybridized carbons (Fsp3) is 0.400. The number of thiophene rings is 1. The van der Waals surface area contributed by atoms with Crippen LogP contribution in [0, 0.1) is 17.0 Å². The Morgan fingerprint density at radius 3 is 2.72 bits per heavy atom. The lowest BCUT2D eigenvalue weighted by Gasteiger charge is -2.07. The topological polar surface area (TPSA) is 116 Å². The van der Waals surface area contributed by atoms with Crippen LogP contribution in [0.2, 0.25) is 0 Å². The maximum Gasteiger partial charge on any atom is 0.389 e. The molecular weight excluding hydrogens is 348 g/mol. The molecule has 0 spiro atoms. The van der Waals surface area contributed by atoms with Crippen LogP contribution in [0.1, 0.15) is 34.6 Å². The van der Waals surface area contributed by atoms with Crippen LogP contribution in [0.4, 0.5) is 10.8 Å². The van der Waals surface area contributed by atoms with Crippen LogP contribution >= 0.6 is 11.3 Å². The number of anilines is 1. The van der Waals surface area contributed by atoms with Crippen molar-refractivity contribution < 1.29 is 19.2 Å². The quantitative estimate of drug-likeness (QED) is 0.457. The van der Waals surface area contributed by atoms with E-state index < -0.39 is 16.8 Å². The smallest absolute Gasteiger partial charge is 0.389 e. The third-order valence-corrected chi connectivity index (χ3v) is 4.48. The average molecular weight is 366 g/mol. The first kappa shape index (κ1) is 18.6. The average Bonchev–Trinajstić information content (AvgIpc) is 3.11. The number of carbonyl (C=O) groups excluding carboxylic acids is 2. The minimum atomic E-state index is -0.635. The van der Waals surface area contributed by atoms with Crippen LogP contribution in [0.3, 0.4) is 0 Å². The molecule has 0 aliphatic heterocycles. The van der Waals surface area contributed by atoms with Crippen molar-refractivity contribution in [3.8, 4) is 0 Å². The molecule has 25 heavy (non-hydrogen) atoms. The summed E-state index contributed by atoms with van der Waals surface area (Å²) in [7, 11) is 0. The van der Waals surface area contributed by atoms with E-state index in [1.807, 2.05) is 13.8 Å². The van der Waals surface area contributed by atoms with Crippen molar-refractivity contribution >= 4 is 34.0 Å². The standard InChI is InChI=1S/C15H18N4O5S/c1-4-10-9(3)25-14(13(10)15(21)24-5-2)16-12(20)8-18-7-6-11(17-18)19(22)23/h6-7H,4-5,8H2,1-3H3,(H,16,20). The minimum Gasteiger partial charge on any atom is -0.462 e. The number of aryl methyl sites for hydroxylation is 1. The SMILES string of the molecule is CCOC(=O)c1c(NC(=O)Cn2ccc([N+](=O)[O-])n2)sc(C)c1CC. The Hall–Kier alpha value is -2.75. The molecule has 0 bridgehead atoms. The number of ether oxygens (including phenoxy) is 1. The van der Waals surface area contributed by atoms with Gasteiger partial charge in [-0.3, -0.25) is 4.79 Å². The first-order valence-electron chi connectivity index (χ1n) is 7.64. The number of carbonyl (C=O) groups is 2. The third-order valence-electron chi connectivity index (χ3n) is 3.41. The Kier molecular flexibility index (Phi) is 5.86. The predicted octanol–water partition coefficient (Wildman–Crippen LogP) is 2.54. The van der Waals surface area contributed by atoms with Gasteiger partial charge < -0.3 is 20.2 Å². The molecule has 2 aromatic rings. The summed E-state index contributed by atoms with van der Waals surface area (Å²) in [5, 5.41) is 17.4. The van der Waals surface area contributed by atoms with Gasteiger partial charge in [-0.05, 0) is 30.8 Å². The molecule has 10 heteroatoms. The van der Waals surface area contributed by atoms with Crippen LogP contribution in [-0.4, -0.2) is 33.2 Å². The Balaban J connectivity index is 2.19. The second-order valence-electron chi connectivity index (χ2n) is 5.09. The van der Waals surface area contributed by atoms with E-state index in [1.54, 1.807) is 6.92 Å². The van der Waals surface area contributed by atoms with Crippen LogP contribution in [0.25, 0.3) is 0 Å². The Morgan fingerprint density at radius 2 is 2.16 bits per heavy atom. The summed E-state index contributed by atoms with van der Waals surface area (Å²) in [6.45, 7) is 5.55. The molecule has 2 rings (SSSR count). The van der Waals surface area contributed by atoms with Crippen LogP contribution in [0.5, 0.6) is 0 Å². The fourth-order valence-corrected chi connectivity index (χ4v) is 3.51. The van der Waals surface area contributed by atoms with Gasteiger partial charge in [0.2, 0.25) is 5.91 Å². The van der Waals surface area contributed by atoms with Crippen molar-refractivity contribution in [2.75, 3.05) is 11.9 Å². The Labute approximate surface area is 147 Å². The van der Waals surface area contributed by atoms with Crippen molar-refractivity contribution in [2.24, 2.45) is 0 Å². The van der Waals surface area contributed by atoms with Crippen LogP contribution in [0.15, 0.2) is 12.3 Å². The minimum absolute atomic E-state index is 0.200. The van der Waals surface area contributed by atoms with E-state index >= 15 is 0 Å². The highest BCUT2D eigenvalue weighted by molar-refractivity contribution is 7.16. The largest absolute Gasteiger partial charge is 0.462 e. The summed E-state index contributed by atoms with van der Waals surface area (Å²) in [6.07, 6.45) is 1.98. The van der Waals surface area contributed by atoms with Crippen molar-refractivity contribution in [2.45, 2.75) is 33.7 Å². The predicted molar refractivity (Wildman–Crippen MR) is 91.9 cm³/mol. The summed E-state index contributed by atoms with van der Waals surface area (Å²) in [4.78, 5) is 35.3. The van der Waals surface area contributed by atoms with Crippen molar-refractivity contribution in [1.82, 2.24) is 9.78 Å². The summed E-state index contributed by atoms with van der Waals surface area (Å²) >= 11 is 1.30. The number of esters is 1. The van der Waals surface area contributed by atoms with Crippen molar-refractivity contribution in [3.63, 3.8) is 0 Å². The number of amides is 1. The molecule has 0 atom stereocenters. The molecule has 0 aromatic carbocycles. The molecule has 9 nitrogen and oxygen atoms in total. The van der Waals surface area contributed by atoms with E-state index in [0.29, 0.717) is 17.0 Å². The second-order valence-corrected chi connectivity index (χ2v) is 6.32. The van der Waals surface area contributed by atoms with Crippen LogP contribution < -0.4 is 5.32 Å². The highest BCUT2D eigenvalue weighted by Gasteiger charge is 2.24. The van der Waals surface area contributed by atoms with Crippen molar-refractivity contribution in [1.29, 1.82) is 0 Å². The van der Waals surface area contributed by atoms with E-state index in [2.05, 4.69) is 10.4 Å². The lowest BCUT2D eigenvalue weighted by Crippen LogP contribution is -2.20. The normalized spacial score (nSPS) is 10.5. The molecule has 134 valence electrons. The Morgan fingerprint density at radius 1 is 1.44 bits per heavy atom. The molecule has 0 fully saturated rings. The third kappa shape index (κ3) is 4.21. The van der Waals surface area contributed by atoms with Gasteiger partial charge >= 0.3 is 11.8 Å². The maximum absolute atomic E-state index is 12.2. The Bertz CT molecular complexity index is 811. The molecule has 2 aromatic heterocycles. The molecule has 0 radical (unpaired) electrons. The molecule has 0 saturated carbocycles. The number of rotatable bonds is 7. The van der Waals surface area contributed by atoms with E-state index in [9.17, 15) is 19.7 Å². The van der Waals surface area contributed by atoms with Gasteiger partial charge in [0.25, 0.3) is 0 Å². The molecule has 1 N–H and O–H groups in total. The lowest BCUT2D eigenvalue weighted by molar-refractivity contribution is -0.389. The summed E-state index contributed by atoms with van der Waals surface area (Å²) in [5.74, 6) is -1.25. The van der Waals surface area contributed by atoms with E-state index in [1.165, 1.54) is 28.3 Å². The summed E-state index contributed by atoms with van der Waals surface area (Å²) in [6, 6.07) is 1.21. The molecule has 0 aliphatic carbocycles. The molecule has 0 unspecified atom stereocenters. The molecule has 2 heterocycles. The molecular formula is C15H18N4O5S. The second kappa shape index (κ2) is 7.88. The zero-order valence-corrected chi connectivity index (χ0v) is 14.9. The van der Waals surface area contributed by atoms with Crippen LogP contribution in [-0.2, 0) is 22.5 Å². The molecule has 0 aliphatic rings. The number of hydrogen-bond donors (Lipinski definition) is 1. The highest BCUT2D eigenvalue weighted by atomic mass is 32.1. The van der Waals surface area contributed by atoms with E-state index in [-0.39, 0.29) is 19.0 Å². The monoisotopic (exact) mass is 366 g/mol. The van der Waals surface area contributed by atoms with Gasteiger partial charge in [-0.25, -0.2) is 4.79 Å². The van der Waals surface area contributed by atoms with E-state index in [0.717, 1.165) is 10.4 Å². The highest BCUT2D eigenvalue weighted by Crippen LogP contribution is 2.34.